The zero-order chi connectivity index (χ0) is 16.6. The molecular weight excluding hydrogens is 304 g/mol. The molecule has 0 saturated heterocycles. The van der Waals surface area contributed by atoms with E-state index < -0.39 is 0 Å². The van der Waals surface area contributed by atoms with Crippen LogP contribution in [0.25, 0.3) is 0 Å². The van der Waals surface area contributed by atoms with E-state index in [4.69, 9.17) is 4.74 Å². The second kappa shape index (κ2) is 6.43. The molecule has 1 aromatic carbocycles. The summed E-state index contributed by atoms with van der Waals surface area (Å²) in [6, 6.07) is 0. The summed E-state index contributed by atoms with van der Waals surface area (Å²) >= 11 is 0. The molecule has 0 bridgehead atoms. The molecule has 3 heteroatoms. The Morgan fingerprint density at radius 3 is 2.70 bits per heavy atom. The second-order valence-electron chi connectivity index (χ2n) is 7.29. The van der Waals surface area contributed by atoms with Crippen LogP contribution in [-0.4, -0.2) is 22.2 Å². The van der Waals surface area contributed by atoms with Crippen LogP contribution in [0.15, 0.2) is 11.5 Å². The highest BCUT2D eigenvalue weighted by Gasteiger charge is 2.36. The Morgan fingerprint density at radius 2 is 2.00 bits per heavy atom. The van der Waals surface area contributed by atoms with Gasteiger partial charge in [-0.1, -0.05) is 0 Å². The van der Waals surface area contributed by atoms with Gasteiger partial charge in [0, 0.05) is 22.9 Å². The van der Waals surface area contributed by atoms with Gasteiger partial charge >= 0.3 is 0 Å². The van der Waals surface area contributed by atoms with E-state index in [9.17, 15) is 5.11 Å². The van der Waals surface area contributed by atoms with E-state index in [1.54, 1.807) is 0 Å². The normalized spacial score (nSPS) is 26.7. The van der Waals surface area contributed by atoms with Gasteiger partial charge in [-0.3, -0.25) is 0 Å². The van der Waals surface area contributed by atoms with Crippen molar-refractivity contribution in [2.75, 3.05) is 11.5 Å². The van der Waals surface area contributed by atoms with Gasteiger partial charge in [0.15, 0.2) is 0 Å². The zero-order valence-corrected chi connectivity index (χ0v) is 15.7. The van der Waals surface area contributed by atoms with Crippen LogP contribution in [0.3, 0.4) is 0 Å². The molecule has 2 aliphatic rings. The van der Waals surface area contributed by atoms with E-state index in [0.717, 1.165) is 41.7 Å². The number of phenols is 1. The highest BCUT2D eigenvalue weighted by atomic mass is 32.2. The lowest BCUT2D eigenvalue weighted by molar-refractivity contribution is 0.0609. The molecule has 0 aliphatic carbocycles. The van der Waals surface area contributed by atoms with Crippen LogP contribution < -0.4 is 4.74 Å². The molecule has 0 fully saturated rings. The van der Waals surface area contributed by atoms with E-state index in [1.807, 2.05) is 13.8 Å². The topological polar surface area (TPSA) is 29.5 Å². The number of hydrogen-bond donors (Lipinski definition) is 1. The molecule has 2 unspecified atom stereocenters. The molecule has 23 heavy (non-hydrogen) atoms. The number of allylic oxidation sites excluding steroid dienone is 1. The van der Waals surface area contributed by atoms with Crippen molar-refractivity contribution in [3.05, 3.63) is 33.7 Å². The summed E-state index contributed by atoms with van der Waals surface area (Å²) < 4.78 is 6.53. The van der Waals surface area contributed by atoms with Crippen molar-refractivity contribution in [1.82, 2.24) is 0 Å². The van der Waals surface area contributed by atoms with Crippen LogP contribution in [0.2, 0.25) is 0 Å². The number of rotatable bonds is 3. The number of aromatic hydroxyl groups is 1. The molecule has 0 spiro atoms. The van der Waals surface area contributed by atoms with Gasteiger partial charge in [0.25, 0.3) is 0 Å². The fourth-order valence-electron chi connectivity index (χ4n) is 3.65. The van der Waals surface area contributed by atoms with Crippen molar-refractivity contribution in [2.24, 2.45) is 0 Å². The molecule has 1 N–H and O–H groups in total. The number of fused-ring (bicyclic) bond motifs is 1. The summed E-state index contributed by atoms with van der Waals surface area (Å²) in [7, 11) is 0.452. The van der Waals surface area contributed by atoms with Gasteiger partial charge in [0.05, 0.1) is 0 Å². The quantitative estimate of drug-likeness (QED) is 0.811. The Balaban J connectivity index is 1.78. The van der Waals surface area contributed by atoms with Crippen molar-refractivity contribution < 1.29 is 9.84 Å². The highest BCUT2D eigenvalue weighted by Crippen LogP contribution is 2.44. The minimum Gasteiger partial charge on any atom is -0.507 e. The van der Waals surface area contributed by atoms with Crippen LogP contribution in [0.5, 0.6) is 11.5 Å². The summed E-state index contributed by atoms with van der Waals surface area (Å²) in [6.07, 6.45) is 8.13. The molecule has 3 rings (SSSR count). The van der Waals surface area contributed by atoms with Gasteiger partial charge in [-0.2, -0.15) is 0 Å². The number of phenolic OH excluding ortho intramolecular Hbond substituents is 1. The van der Waals surface area contributed by atoms with Crippen molar-refractivity contribution in [1.29, 1.82) is 0 Å². The molecular formula is C20H29O2S+. The first-order valence-electron chi connectivity index (χ1n) is 8.75. The summed E-state index contributed by atoms with van der Waals surface area (Å²) in [5.41, 5.74) is 4.22. The molecule has 2 heterocycles. The van der Waals surface area contributed by atoms with E-state index >= 15 is 0 Å². The summed E-state index contributed by atoms with van der Waals surface area (Å²) in [5, 5.41) is 12.7. The maximum absolute atomic E-state index is 10.3. The van der Waals surface area contributed by atoms with Gasteiger partial charge < -0.3 is 9.84 Å². The van der Waals surface area contributed by atoms with E-state index in [0.29, 0.717) is 16.6 Å². The van der Waals surface area contributed by atoms with Gasteiger partial charge in [0.1, 0.15) is 34.0 Å². The Labute approximate surface area is 143 Å². The summed E-state index contributed by atoms with van der Waals surface area (Å²) in [4.78, 5) is 0. The third-order valence-corrected chi connectivity index (χ3v) is 7.67. The van der Waals surface area contributed by atoms with Gasteiger partial charge in [0.2, 0.25) is 0 Å². The van der Waals surface area contributed by atoms with Gasteiger partial charge in [-0.05, 0) is 76.1 Å². The van der Waals surface area contributed by atoms with Crippen molar-refractivity contribution in [2.45, 2.75) is 65.4 Å². The maximum atomic E-state index is 10.3. The lowest BCUT2D eigenvalue weighted by Gasteiger charge is -2.37. The van der Waals surface area contributed by atoms with E-state index in [-0.39, 0.29) is 5.60 Å². The first-order valence-corrected chi connectivity index (χ1v) is 10.4. The largest absolute Gasteiger partial charge is 0.507 e. The fourth-order valence-corrected chi connectivity index (χ4v) is 5.76. The summed E-state index contributed by atoms with van der Waals surface area (Å²) in [5.74, 6) is 4.09. The number of hydrogen-bond acceptors (Lipinski definition) is 2. The third-order valence-electron chi connectivity index (χ3n) is 5.55. The lowest BCUT2D eigenvalue weighted by Crippen LogP contribution is -2.39. The Morgan fingerprint density at radius 1 is 1.22 bits per heavy atom. The first-order chi connectivity index (χ1) is 10.9. The lowest BCUT2D eigenvalue weighted by atomic mass is 9.86. The second-order valence-corrected chi connectivity index (χ2v) is 9.46. The summed E-state index contributed by atoms with van der Waals surface area (Å²) in [6.45, 7) is 8.34. The molecule has 2 nitrogen and oxygen atoms in total. The SMILES string of the molecule is Cc1c(C)c2c(c(C)c1O)CCC(C)(CC[S+]1C=CCCC1)O2. The molecule has 0 radical (unpaired) electrons. The van der Waals surface area contributed by atoms with Crippen LogP contribution >= 0.6 is 0 Å². The highest BCUT2D eigenvalue weighted by molar-refractivity contribution is 7.99. The smallest absolute Gasteiger partial charge is 0.127 e. The minimum absolute atomic E-state index is 0.0636. The van der Waals surface area contributed by atoms with Gasteiger partial charge in [-0.15, -0.1) is 0 Å². The van der Waals surface area contributed by atoms with E-state index in [2.05, 4.69) is 25.3 Å². The molecule has 2 atom stereocenters. The monoisotopic (exact) mass is 333 g/mol. The zero-order valence-electron chi connectivity index (χ0n) is 14.9. The molecule has 126 valence electrons. The van der Waals surface area contributed by atoms with Crippen molar-refractivity contribution in [3.63, 3.8) is 0 Å². The van der Waals surface area contributed by atoms with Crippen LogP contribution in [0.4, 0.5) is 0 Å². The minimum atomic E-state index is -0.0636. The molecule has 2 aliphatic heterocycles. The van der Waals surface area contributed by atoms with Crippen molar-refractivity contribution in [3.8, 4) is 11.5 Å². The predicted octanol–water partition coefficient (Wildman–Crippen LogP) is 4.72. The van der Waals surface area contributed by atoms with Crippen LogP contribution in [0.1, 0.15) is 54.9 Å². The van der Waals surface area contributed by atoms with Crippen LogP contribution in [0, 0.1) is 20.8 Å². The maximum Gasteiger partial charge on any atom is 0.127 e. The number of ether oxygens (including phenoxy) is 1. The third kappa shape index (κ3) is 3.26. The molecule has 0 amide bonds. The molecule has 1 aromatic rings. The Hall–Kier alpha value is -1.09. The Bertz CT molecular complexity index is 635. The number of benzene rings is 1. The average molecular weight is 334 g/mol. The first kappa shape index (κ1) is 16.8. The van der Waals surface area contributed by atoms with Crippen LogP contribution in [-0.2, 0) is 17.3 Å². The molecule has 0 saturated carbocycles. The predicted molar refractivity (Wildman–Crippen MR) is 99.8 cm³/mol. The molecule has 0 aromatic heterocycles. The standard InChI is InChI=1S/C20H28O2S/c1-14-15(2)19-17(16(3)18(14)21)8-9-20(4,22-19)10-13-23-11-6-5-7-12-23/h6,11H,5,7-10,12-13H2,1-4H3/p+1. The average Bonchev–Trinajstić information content (AvgIpc) is 2.57. The van der Waals surface area contributed by atoms with Gasteiger partial charge in [-0.25, -0.2) is 0 Å². The fraction of sp³-hybridized carbons (Fsp3) is 0.600. The van der Waals surface area contributed by atoms with E-state index in [1.165, 1.54) is 29.9 Å². The Kier molecular flexibility index (Phi) is 4.68. The van der Waals surface area contributed by atoms with Crippen molar-refractivity contribution >= 4 is 10.9 Å².